The number of piperazine rings is 1. The molecule has 6 heteroatoms. The summed E-state index contributed by atoms with van der Waals surface area (Å²) in [7, 11) is 1.81. The van der Waals surface area contributed by atoms with Crippen LogP contribution in [0.4, 0.5) is 0 Å². The fourth-order valence-corrected chi connectivity index (χ4v) is 4.10. The number of rotatable bonds is 6. The van der Waals surface area contributed by atoms with Crippen LogP contribution in [0.3, 0.4) is 0 Å². The Hall–Kier alpha value is -2.89. The van der Waals surface area contributed by atoms with E-state index in [4.69, 9.17) is 4.74 Å². The summed E-state index contributed by atoms with van der Waals surface area (Å²) in [5, 5.41) is 0. The highest BCUT2D eigenvalue weighted by Gasteiger charge is 2.45. The van der Waals surface area contributed by atoms with Gasteiger partial charge in [0.2, 0.25) is 11.8 Å². The first-order valence-electron chi connectivity index (χ1n) is 10.3. The Balaban J connectivity index is 1.59. The van der Waals surface area contributed by atoms with E-state index in [9.17, 15) is 9.59 Å². The van der Waals surface area contributed by atoms with E-state index < -0.39 is 6.04 Å². The summed E-state index contributed by atoms with van der Waals surface area (Å²) in [5.74, 6) is 0.797. The van der Waals surface area contributed by atoms with E-state index in [0.29, 0.717) is 25.3 Å². The average Bonchev–Trinajstić information content (AvgIpc) is 2.70. The van der Waals surface area contributed by atoms with Crippen molar-refractivity contribution < 1.29 is 14.3 Å². The minimum Gasteiger partial charge on any atom is -0.490 e. The number of pyridine rings is 1. The van der Waals surface area contributed by atoms with Crippen LogP contribution in [0, 0.1) is 5.92 Å². The third kappa shape index (κ3) is 4.26. The second kappa shape index (κ2) is 8.64. The molecule has 0 bridgehead atoms. The van der Waals surface area contributed by atoms with Gasteiger partial charge in [-0.25, -0.2) is 0 Å². The summed E-state index contributed by atoms with van der Waals surface area (Å²) in [5.41, 5.74) is 1.06. The van der Waals surface area contributed by atoms with E-state index in [1.165, 1.54) is 0 Å². The zero-order chi connectivity index (χ0) is 20.2. The fraction of sp³-hybridized carbons (Fsp3) is 0.435. The van der Waals surface area contributed by atoms with Crippen molar-refractivity contribution >= 4 is 11.8 Å². The summed E-state index contributed by atoms with van der Waals surface area (Å²) < 4.78 is 5.95. The summed E-state index contributed by atoms with van der Waals surface area (Å²) in [6, 6.07) is 12.9. The second-order valence-corrected chi connectivity index (χ2v) is 7.95. The lowest BCUT2D eigenvalue weighted by atomic mass is 9.83. The molecule has 1 saturated heterocycles. The van der Waals surface area contributed by atoms with Crippen molar-refractivity contribution in [2.45, 2.75) is 37.8 Å². The zero-order valence-corrected chi connectivity index (χ0v) is 16.7. The minimum atomic E-state index is -0.494. The van der Waals surface area contributed by atoms with Gasteiger partial charge < -0.3 is 14.5 Å². The molecule has 1 aliphatic heterocycles. The number of ether oxygens (including phenoxy) is 1. The van der Waals surface area contributed by atoms with Crippen LogP contribution in [-0.4, -0.2) is 58.9 Å². The van der Waals surface area contributed by atoms with Crippen molar-refractivity contribution in [3.05, 3.63) is 60.4 Å². The lowest BCUT2D eigenvalue weighted by Gasteiger charge is -2.47. The SMILES string of the molecule is CN1C[C@@H](COc2cccnc2)N(C(=O)C2CCC2)[C@@H](Cc2ccccc2)C1=O. The number of hydrogen-bond donors (Lipinski definition) is 0. The van der Waals surface area contributed by atoms with Crippen molar-refractivity contribution in [3.8, 4) is 5.75 Å². The summed E-state index contributed by atoms with van der Waals surface area (Å²) in [4.78, 5) is 34.1. The summed E-state index contributed by atoms with van der Waals surface area (Å²) in [6.45, 7) is 0.815. The van der Waals surface area contributed by atoms with Crippen molar-refractivity contribution in [2.75, 3.05) is 20.2 Å². The third-order valence-electron chi connectivity index (χ3n) is 5.93. The quantitative estimate of drug-likeness (QED) is 0.757. The third-order valence-corrected chi connectivity index (χ3v) is 5.93. The largest absolute Gasteiger partial charge is 0.490 e. The van der Waals surface area contributed by atoms with Gasteiger partial charge in [-0.05, 0) is 30.5 Å². The molecule has 2 fully saturated rings. The van der Waals surface area contributed by atoms with Gasteiger partial charge in [0.1, 0.15) is 18.4 Å². The Morgan fingerprint density at radius 2 is 1.97 bits per heavy atom. The molecule has 0 N–H and O–H groups in total. The Morgan fingerprint density at radius 3 is 2.62 bits per heavy atom. The topological polar surface area (TPSA) is 62.7 Å². The van der Waals surface area contributed by atoms with E-state index in [2.05, 4.69) is 4.98 Å². The predicted molar refractivity (Wildman–Crippen MR) is 109 cm³/mol. The number of carbonyl (C=O) groups excluding carboxylic acids is 2. The average molecular weight is 393 g/mol. The van der Waals surface area contributed by atoms with Crippen molar-refractivity contribution in [3.63, 3.8) is 0 Å². The lowest BCUT2D eigenvalue weighted by molar-refractivity contribution is -0.159. The van der Waals surface area contributed by atoms with Gasteiger partial charge in [0.05, 0.1) is 12.2 Å². The van der Waals surface area contributed by atoms with Gasteiger partial charge in [-0.15, -0.1) is 0 Å². The van der Waals surface area contributed by atoms with Gasteiger partial charge >= 0.3 is 0 Å². The molecule has 0 unspecified atom stereocenters. The maximum atomic E-state index is 13.3. The highest BCUT2D eigenvalue weighted by molar-refractivity contribution is 5.90. The summed E-state index contributed by atoms with van der Waals surface area (Å²) >= 11 is 0. The van der Waals surface area contributed by atoms with Crippen molar-refractivity contribution in [1.29, 1.82) is 0 Å². The number of likely N-dealkylation sites (N-methyl/N-ethyl adjacent to an activating group) is 1. The van der Waals surface area contributed by atoms with Crippen molar-refractivity contribution in [2.24, 2.45) is 5.92 Å². The molecule has 1 aliphatic carbocycles. The van der Waals surface area contributed by atoms with Gasteiger partial charge in [0.25, 0.3) is 0 Å². The molecule has 152 valence electrons. The molecule has 1 aromatic heterocycles. The normalized spacial score (nSPS) is 22.3. The van der Waals surface area contributed by atoms with Gasteiger partial charge in [0.15, 0.2) is 0 Å². The molecule has 2 atom stereocenters. The van der Waals surface area contributed by atoms with Gasteiger partial charge in [-0.1, -0.05) is 36.8 Å². The first-order valence-corrected chi connectivity index (χ1v) is 10.3. The number of benzene rings is 1. The number of amides is 2. The highest BCUT2D eigenvalue weighted by Crippen LogP contribution is 2.32. The first kappa shape index (κ1) is 19.4. The van der Waals surface area contributed by atoms with Crippen LogP contribution >= 0.6 is 0 Å². The van der Waals surface area contributed by atoms with Crippen LogP contribution in [0.5, 0.6) is 5.75 Å². The molecule has 4 rings (SSSR count). The molecule has 6 nitrogen and oxygen atoms in total. The molecule has 0 radical (unpaired) electrons. The molecular weight excluding hydrogens is 366 g/mol. The monoisotopic (exact) mass is 393 g/mol. The standard InChI is InChI=1S/C23H27N3O3/c1-25-15-19(16-29-20-11-6-12-24-14-20)26(22(27)18-9-5-10-18)21(23(25)28)13-17-7-3-2-4-8-17/h2-4,6-8,11-12,14,18-19,21H,5,9-10,13,15-16H2,1H3/t19-,21-/m0/s1. The van der Waals surface area contributed by atoms with Crippen LogP contribution in [0.15, 0.2) is 54.9 Å². The summed E-state index contributed by atoms with van der Waals surface area (Å²) in [6.07, 6.45) is 6.78. The number of carbonyl (C=O) groups is 2. The maximum Gasteiger partial charge on any atom is 0.245 e. The molecule has 2 aromatic rings. The van der Waals surface area contributed by atoms with Gasteiger partial charge in [-0.3, -0.25) is 14.6 Å². The molecule has 2 aliphatic rings. The fourth-order valence-electron chi connectivity index (χ4n) is 4.10. The Morgan fingerprint density at radius 1 is 1.17 bits per heavy atom. The van der Waals surface area contributed by atoms with Crippen LogP contribution in [0.25, 0.3) is 0 Å². The molecule has 0 spiro atoms. The van der Waals surface area contributed by atoms with E-state index in [-0.39, 0.29) is 23.8 Å². The van der Waals surface area contributed by atoms with E-state index >= 15 is 0 Å². The number of nitrogens with zero attached hydrogens (tertiary/aromatic N) is 3. The smallest absolute Gasteiger partial charge is 0.245 e. The highest BCUT2D eigenvalue weighted by atomic mass is 16.5. The Bertz CT molecular complexity index is 839. The predicted octanol–water partition coefficient (Wildman–Crippen LogP) is 2.54. The minimum absolute atomic E-state index is 0.000783. The van der Waals surface area contributed by atoms with Gasteiger partial charge in [0, 0.05) is 32.1 Å². The van der Waals surface area contributed by atoms with E-state index in [0.717, 1.165) is 24.8 Å². The number of aromatic nitrogens is 1. The number of hydrogen-bond acceptors (Lipinski definition) is 4. The van der Waals surface area contributed by atoms with Crippen LogP contribution in [0.1, 0.15) is 24.8 Å². The molecule has 1 aromatic carbocycles. The Kier molecular flexibility index (Phi) is 5.79. The molecule has 1 saturated carbocycles. The molecule has 29 heavy (non-hydrogen) atoms. The van der Waals surface area contributed by atoms with Crippen LogP contribution < -0.4 is 4.74 Å². The molecular formula is C23H27N3O3. The molecule has 2 heterocycles. The second-order valence-electron chi connectivity index (χ2n) is 7.95. The van der Waals surface area contributed by atoms with E-state index in [1.807, 2.05) is 54.4 Å². The zero-order valence-electron chi connectivity index (χ0n) is 16.7. The van der Waals surface area contributed by atoms with E-state index in [1.54, 1.807) is 17.3 Å². The maximum absolute atomic E-state index is 13.3. The van der Waals surface area contributed by atoms with Crippen LogP contribution in [0.2, 0.25) is 0 Å². The Labute approximate surface area is 171 Å². The molecule has 2 amide bonds. The lowest BCUT2D eigenvalue weighted by Crippen LogP contribution is -2.65. The first-order chi connectivity index (χ1) is 14.1. The van der Waals surface area contributed by atoms with Gasteiger partial charge in [-0.2, -0.15) is 0 Å². The van der Waals surface area contributed by atoms with Crippen LogP contribution in [-0.2, 0) is 16.0 Å². The van der Waals surface area contributed by atoms with Crippen molar-refractivity contribution in [1.82, 2.24) is 14.8 Å².